The molecule has 2 aliphatic carbocycles. The number of nitrogens with zero attached hydrogens (tertiary/aromatic N) is 1. The molecule has 5 nitrogen and oxygen atoms in total. The maximum atomic E-state index is 13.2. The van der Waals surface area contributed by atoms with Gasteiger partial charge in [-0.1, -0.05) is 64.2 Å². The molecule has 0 aromatic rings. The fourth-order valence-corrected chi connectivity index (χ4v) is 8.51. The van der Waals surface area contributed by atoms with Crippen LogP contribution in [0.4, 0.5) is 4.79 Å². The molecule has 3 rings (SSSR count). The van der Waals surface area contributed by atoms with Gasteiger partial charge in [0, 0.05) is 23.4 Å². The van der Waals surface area contributed by atoms with Crippen molar-refractivity contribution in [2.75, 3.05) is 6.54 Å². The smallest absolute Gasteiger partial charge is 0.410 e. The molecule has 3 fully saturated rings. The summed E-state index contributed by atoms with van der Waals surface area (Å²) in [6.07, 6.45) is 19.4. The predicted molar refractivity (Wildman–Crippen MR) is 165 cm³/mol. The third-order valence-electron chi connectivity index (χ3n) is 9.69. The van der Waals surface area contributed by atoms with Gasteiger partial charge in [0.1, 0.15) is 10.3 Å². The summed E-state index contributed by atoms with van der Waals surface area (Å²) < 4.78 is 22.3. The van der Waals surface area contributed by atoms with Gasteiger partial charge >= 0.3 is 6.09 Å². The molecular weight excluding hydrogens is 504 g/mol. The first-order chi connectivity index (χ1) is 18.2. The van der Waals surface area contributed by atoms with Gasteiger partial charge in [-0.2, -0.15) is 0 Å². The number of carbonyl (C=O) groups is 1. The van der Waals surface area contributed by atoms with Crippen molar-refractivity contribution in [3.05, 3.63) is 0 Å². The molecule has 0 bridgehead atoms. The Morgan fingerprint density at radius 3 is 1.95 bits per heavy atom. The first kappa shape index (κ1) is 33.0. The van der Waals surface area contributed by atoms with Crippen molar-refractivity contribution in [2.45, 2.75) is 174 Å². The largest absolute Gasteiger partial charge is 0.598 e. The number of amides is 1. The molecule has 228 valence electrons. The van der Waals surface area contributed by atoms with Gasteiger partial charge in [0.2, 0.25) is 0 Å². The van der Waals surface area contributed by atoms with E-state index in [2.05, 4.69) is 39.3 Å². The number of likely N-dealkylation sites (tertiary alicyclic amines) is 1. The van der Waals surface area contributed by atoms with Crippen molar-refractivity contribution in [1.29, 1.82) is 0 Å². The van der Waals surface area contributed by atoms with Gasteiger partial charge in [-0.25, -0.2) is 4.79 Å². The van der Waals surface area contributed by atoms with Crippen molar-refractivity contribution < 1.29 is 14.1 Å². The van der Waals surface area contributed by atoms with Crippen LogP contribution in [0, 0.1) is 23.7 Å². The summed E-state index contributed by atoms with van der Waals surface area (Å²) in [5.41, 5.74) is -0.679. The average Bonchev–Trinajstić information content (AvgIpc) is 3.16. The van der Waals surface area contributed by atoms with Crippen LogP contribution >= 0.6 is 0 Å². The van der Waals surface area contributed by atoms with Crippen molar-refractivity contribution in [1.82, 2.24) is 9.62 Å². The lowest BCUT2D eigenvalue weighted by Crippen LogP contribution is -2.45. The van der Waals surface area contributed by atoms with Crippen LogP contribution < -0.4 is 4.72 Å². The normalized spacial score (nSPS) is 25.2. The summed E-state index contributed by atoms with van der Waals surface area (Å²) in [4.78, 5) is 14.9. The van der Waals surface area contributed by atoms with Crippen LogP contribution in [-0.2, 0) is 16.1 Å². The van der Waals surface area contributed by atoms with Crippen LogP contribution in [0.5, 0.6) is 0 Å². The molecule has 0 aromatic carbocycles. The Bertz CT molecular complexity index is 729. The van der Waals surface area contributed by atoms with Gasteiger partial charge in [0.05, 0.1) is 6.04 Å². The van der Waals surface area contributed by atoms with E-state index in [0.29, 0.717) is 5.92 Å². The third-order valence-corrected chi connectivity index (χ3v) is 11.3. The molecule has 1 amide bonds. The van der Waals surface area contributed by atoms with Crippen LogP contribution in [-0.4, -0.2) is 44.0 Å². The molecule has 0 radical (unpaired) electrons. The zero-order valence-electron chi connectivity index (χ0n) is 26.8. The van der Waals surface area contributed by atoms with Gasteiger partial charge in [-0.15, -0.1) is 4.72 Å². The minimum absolute atomic E-state index is 0.193. The first-order valence-corrected chi connectivity index (χ1v) is 17.5. The second-order valence-corrected chi connectivity index (χ2v) is 17.8. The molecular formula is C33H62N2O3S. The van der Waals surface area contributed by atoms with Gasteiger partial charge in [-0.05, 0) is 111 Å². The highest BCUT2D eigenvalue weighted by Gasteiger charge is 2.43. The molecule has 1 N–H and O–H groups in total. The summed E-state index contributed by atoms with van der Waals surface area (Å²) >= 11 is -1.07. The van der Waals surface area contributed by atoms with E-state index in [9.17, 15) is 9.35 Å². The van der Waals surface area contributed by atoms with Crippen LogP contribution in [0.2, 0.25) is 0 Å². The van der Waals surface area contributed by atoms with E-state index in [1.807, 2.05) is 25.7 Å². The molecule has 2 unspecified atom stereocenters. The third kappa shape index (κ3) is 10.4. The monoisotopic (exact) mass is 566 g/mol. The molecule has 1 aliphatic heterocycles. The van der Waals surface area contributed by atoms with Crippen molar-refractivity contribution in [3.63, 3.8) is 0 Å². The highest BCUT2D eigenvalue weighted by Crippen LogP contribution is 2.43. The molecule has 1 saturated heterocycles. The van der Waals surface area contributed by atoms with E-state index in [0.717, 1.165) is 50.0 Å². The average molecular weight is 567 g/mol. The van der Waals surface area contributed by atoms with Crippen LogP contribution in [0.3, 0.4) is 0 Å². The van der Waals surface area contributed by atoms with E-state index in [4.69, 9.17) is 4.74 Å². The second kappa shape index (κ2) is 14.1. The molecule has 3 aliphatic rings. The summed E-state index contributed by atoms with van der Waals surface area (Å²) in [5.74, 6) is 3.08. The number of hydrogen-bond acceptors (Lipinski definition) is 4. The zero-order valence-corrected chi connectivity index (χ0v) is 27.6. The number of rotatable bonds is 10. The Morgan fingerprint density at radius 2 is 1.46 bits per heavy atom. The van der Waals surface area contributed by atoms with Crippen LogP contribution in [0.1, 0.15) is 152 Å². The molecule has 0 aromatic heterocycles. The van der Waals surface area contributed by atoms with Gasteiger partial charge < -0.3 is 14.2 Å². The lowest BCUT2D eigenvalue weighted by molar-refractivity contribution is 0.0131. The fourth-order valence-electron chi connectivity index (χ4n) is 7.62. The zero-order chi connectivity index (χ0) is 28.8. The van der Waals surface area contributed by atoms with Gasteiger partial charge in [0.15, 0.2) is 0 Å². The molecule has 1 heterocycles. The molecule has 3 atom stereocenters. The second-order valence-electron chi connectivity index (χ2n) is 15.8. The number of ether oxygens (including phenoxy) is 1. The van der Waals surface area contributed by atoms with Gasteiger partial charge in [-0.3, -0.25) is 0 Å². The summed E-state index contributed by atoms with van der Waals surface area (Å²) in [6, 6.07) is 0.262. The van der Waals surface area contributed by atoms with E-state index in [-0.39, 0.29) is 22.4 Å². The van der Waals surface area contributed by atoms with Crippen LogP contribution in [0.25, 0.3) is 0 Å². The Balaban J connectivity index is 1.65. The van der Waals surface area contributed by atoms with Gasteiger partial charge in [0.25, 0.3) is 0 Å². The minimum atomic E-state index is -1.07. The lowest BCUT2D eigenvalue weighted by Gasteiger charge is -2.39. The molecule has 39 heavy (non-hydrogen) atoms. The highest BCUT2D eigenvalue weighted by atomic mass is 32.2. The quantitative estimate of drug-likeness (QED) is 0.268. The number of carbonyl (C=O) groups excluding carboxylic acids is 1. The Hall–Kier alpha value is -0.460. The Morgan fingerprint density at radius 1 is 0.923 bits per heavy atom. The fraction of sp³-hybridized carbons (Fsp3) is 0.970. The maximum absolute atomic E-state index is 13.2. The summed E-state index contributed by atoms with van der Waals surface area (Å²) in [6.45, 7) is 17.1. The van der Waals surface area contributed by atoms with E-state index >= 15 is 0 Å². The number of hydrogen-bond donors (Lipinski definition) is 1. The predicted octanol–water partition coefficient (Wildman–Crippen LogP) is 8.78. The van der Waals surface area contributed by atoms with Crippen LogP contribution in [0.15, 0.2) is 0 Å². The Kier molecular flexibility index (Phi) is 12.0. The van der Waals surface area contributed by atoms with E-state index in [1.54, 1.807) is 0 Å². The maximum Gasteiger partial charge on any atom is 0.410 e. The first-order valence-electron chi connectivity index (χ1n) is 16.3. The molecule has 2 saturated carbocycles. The van der Waals surface area contributed by atoms with Crippen molar-refractivity contribution in [3.8, 4) is 0 Å². The Labute approximate surface area is 244 Å². The molecule has 0 spiro atoms. The van der Waals surface area contributed by atoms with E-state index < -0.39 is 17.0 Å². The highest BCUT2D eigenvalue weighted by molar-refractivity contribution is 7.90. The topological polar surface area (TPSA) is 64.6 Å². The summed E-state index contributed by atoms with van der Waals surface area (Å²) in [5, 5.41) is 0. The minimum Gasteiger partial charge on any atom is -0.598 e. The van der Waals surface area contributed by atoms with Crippen molar-refractivity contribution >= 4 is 17.5 Å². The summed E-state index contributed by atoms with van der Waals surface area (Å²) in [7, 11) is 0. The van der Waals surface area contributed by atoms with E-state index in [1.165, 1.54) is 70.6 Å². The van der Waals surface area contributed by atoms with Crippen molar-refractivity contribution in [2.24, 2.45) is 23.7 Å². The SMILES string of the molecule is CC(C)(C)OC(=O)N1C[C@@H](CCC(CCC(C2CCCCC2)C2CCCCC2)N[S+]([O-])C(C)(C)C)CC1(C)C. The molecule has 6 heteroatoms. The number of nitrogens with one attached hydrogen (secondary N) is 1. The standard InChI is InChI=1S/C33H62N2O3S/c1-31(2,3)38-30(36)35-24-25(23-33(35,7)8)19-20-28(34-39(37)32(4,5)6)21-22-29(26-15-11-9-12-16-26)27-17-13-10-14-18-27/h25-29,34H,9-24H2,1-8H3/t25-,28?,39?/m0/s1. The lowest BCUT2D eigenvalue weighted by atomic mass is 9.67.